The third kappa shape index (κ3) is 7.03. The van der Waals surface area contributed by atoms with E-state index in [0.29, 0.717) is 39.3 Å². The van der Waals surface area contributed by atoms with E-state index >= 15 is 0 Å². The van der Waals surface area contributed by atoms with Gasteiger partial charge in [0.1, 0.15) is 17.3 Å². The van der Waals surface area contributed by atoms with Crippen molar-refractivity contribution in [3.8, 4) is 78.9 Å². The Morgan fingerprint density at radius 3 is 1.76 bits per heavy atom. The van der Waals surface area contributed by atoms with Gasteiger partial charge in [-0.3, -0.25) is 13.7 Å². The molecule has 0 spiro atoms. The van der Waals surface area contributed by atoms with Crippen molar-refractivity contribution in [1.82, 2.24) is 18.7 Å². The molecule has 1 aliphatic rings. The number of hydrogen-bond donors (Lipinski definition) is 0. The van der Waals surface area contributed by atoms with Crippen molar-refractivity contribution in [1.29, 1.82) is 0 Å². The first-order chi connectivity index (χ1) is 43.9. The molecule has 5 heterocycles. The van der Waals surface area contributed by atoms with Crippen molar-refractivity contribution in [2.45, 2.75) is 39.9 Å². The molecule has 0 fully saturated rings. The van der Waals surface area contributed by atoms with E-state index in [-0.39, 0.29) is 72.4 Å². The van der Waals surface area contributed by atoms with Crippen LogP contribution in [-0.4, -0.2) is 18.7 Å². The molecule has 0 aliphatic carbocycles. The van der Waals surface area contributed by atoms with Crippen LogP contribution in [0.1, 0.15) is 56.7 Å². The molecule has 0 amide bonds. The topological polar surface area (TPSA) is 40.8 Å². The lowest BCUT2D eigenvalue weighted by atomic mass is 9.87. The van der Waals surface area contributed by atoms with E-state index in [0.717, 1.165) is 44.0 Å². The lowest BCUT2D eigenvalue weighted by Crippen LogP contribution is -2.33. The Labute approximate surface area is 472 Å². The molecule has 0 bridgehead atoms. The maximum atomic E-state index is 10.1. The minimum absolute atomic E-state index is 0.0267. The van der Waals surface area contributed by atoms with Gasteiger partial charge in [0.05, 0.1) is 61.1 Å². The number of imidazole rings is 1. The second-order valence-electron chi connectivity index (χ2n) is 20.7. The minimum Gasteiger partial charge on any atom is -0.458 e. The first-order valence-electron chi connectivity index (χ1n) is 32.7. The van der Waals surface area contributed by atoms with Crippen LogP contribution >= 0.6 is 0 Å². The van der Waals surface area contributed by atoms with Gasteiger partial charge in [0.25, 0.3) is 6.33 Å². The zero-order valence-corrected chi connectivity index (χ0v) is 42.5. The summed E-state index contributed by atoms with van der Waals surface area (Å²) in [5, 5.41) is 3.68. The van der Waals surface area contributed by atoms with Crippen LogP contribution in [0.25, 0.3) is 122 Å². The standard InChI is InChI=1S/C72H53N5O/c1-45-19-16-20-46(2)69(45)47-39-61-55-26-9-7-24-53(55)52-23-6-8-25-54(52)60-30-18-34-65-70(60)75(71(61)67(40-47)76-62-31-13-10-27-56(62)57-28-11-14-32-63(57)76)44-74(65)49-21-17-22-50(42-49)78-51-35-36-59-58-29-12-15-33-64(58)77(66(59)43-51)68-41-48(37-38-73-68)72(3,4)5/h6-43H,1-5H3/i1D3,2D3,6D,7D,8D,9D,23D,24D,25D,26D. The highest BCUT2D eigenvalue weighted by molar-refractivity contribution is 6.11. The van der Waals surface area contributed by atoms with Gasteiger partial charge in [0.2, 0.25) is 0 Å². The highest BCUT2D eigenvalue weighted by atomic mass is 16.5. The zero-order chi connectivity index (χ0) is 64.4. The summed E-state index contributed by atoms with van der Waals surface area (Å²) in [6, 6.07) is 48.8. The monoisotopic (exact) mass is 1020 g/mol. The van der Waals surface area contributed by atoms with E-state index in [9.17, 15) is 11.0 Å². The Kier molecular flexibility index (Phi) is 7.42. The number of aromatic nitrogens is 5. The van der Waals surface area contributed by atoms with Gasteiger partial charge in [-0.1, -0.05) is 166 Å². The van der Waals surface area contributed by atoms with Crippen molar-refractivity contribution in [2.24, 2.45) is 0 Å². The van der Waals surface area contributed by atoms with Gasteiger partial charge in [0, 0.05) is 42.0 Å². The molecule has 0 N–H and O–H groups in total. The van der Waals surface area contributed by atoms with Gasteiger partial charge in [-0.2, -0.15) is 0 Å². The normalized spacial score (nSPS) is 15.1. The Balaban J connectivity index is 1.06. The molecule has 372 valence electrons. The molecular weight excluding hydrogens is 951 g/mol. The highest BCUT2D eigenvalue weighted by Gasteiger charge is 2.29. The summed E-state index contributed by atoms with van der Waals surface area (Å²) in [6.07, 6.45) is 5.51. The predicted octanol–water partition coefficient (Wildman–Crippen LogP) is 18.0. The average Bonchev–Trinajstić information content (AvgIpc) is 1.46. The van der Waals surface area contributed by atoms with Gasteiger partial charge in [0.15, 0.2) is 0 Å². The number of ether oxygens (including phenoxy) is 1. The van der Waals surface area contributed by atoms with Gasteiger partial charge in [-0.25, -0.2) is 4.98 Å². The molecule has 78 heavy (non-hydrogen) atoms. The van der Waals surface area contributed by atoms with Crippen LogP contribution in [0.3, 0.4) is 0 Å². The Bertz CT molecular complexity index is 5430. The molecular formula is C72H53N5O. The fraction of sp³-hybridized carbons (Fsp3) is 0.0833. The van der Waals surface area contributed by atoms with E-state index in [1.165, 1.54) is 24.3 Å². The molecule has 4 aromatic heterocycles. The number of para-hydroxylation sites is 4. The summed E-state index contributed by atoms with van der Waals surface area (Å²) in [5.41, 5.74) is 4.83. The summed E-state index contributed by atoms with van der Waals surface area (Å²) < 4.78 is 145. The van der Waals surface area contributed by atoms with Crippen LogP contribution in [-0.2, 0) is 5.41 Å². The second-order valence-corrected chi connectivity index (χ2v) is 20.7. The summed E-state index contributed by atoms with van der Waals surface area (Å²) in [7, 11) is 0. The number of hydrogen-bond acceptors (Lipinski definition) is 2. The van der Waals surface area contributed by atoms with Crippen molar-refractivity contribution in [3.63, 3.8) is 0 Å². The van der Waals surface area contributed by atoms with Gasteiger partial charge in [-0.05, 0) is 153 Å². The molecule has 1 aliphatic heterocycles. The molecule has 0 saturated heterocycles. The van der Waals surface area contributed by atoms with Gasteiger partial charge >= 0.3 is 0 Å². The van der Waals surface area contributed by atoms with Crippen LogP contribution in [0, 0.1) is 20.0 Å². The molecule has 0 radical (unpaired) electrons. The number of pyridine rings is 1. The molecule has 14 aromatic rings. The summed E-state index contributed by atoms with van der Waals surface area (Å²) in [4.78, 5) is 4.88. The third-order valence-electron chi connectivity index (χ3n) is 15.1. The molecule has 6 heteroatoms. The van der Waals surface area contributed by atoms with Crippen LogP contribution in [0.4, 0.5) is 0 Å². The summed E-state index contributed by atoms with van der Waals surface area (Å²) in [6.45, 7) is 0.729. The summed E-state index contributed by atoms with van der Waals surface area (Å²) in [5.74, 6) is 1.73. The number of benzene rings is 10. The highest BCUT2D eigenvalue weighted by Crippen LogP contribution is 2.47. The van der Waals surface area contributed by atoms with Crippen molar-refractivity contribution >= 4 is 54.6 Å². The van der Waals surface area contributed by atoms with E-state index in [4.69, 9.17) is 17.9 Å². The lowest BCUT2D eigenvalue weighted by molar-refractivity contribution is -0.571. The quantitative estimate of drug-likeness (QED) is 0.123. The Morgan fingerprint density at radius 1 is 0.513 bits per heavy atom. The van der Waals surface area contributed by atoms with E-state index in [1.54, 1.807) is 27.3 Å². The molecule has 6 nitrogen and oxygen atoms in total. The fourth-order valence-corrected chi connectivity index (χ4v) is 11.6. The van der Waals surface area contributed by atoms with Gasteiger partial charge in [-0.15, -0.1) is 0 Å². The average molecular weight is 1020 g/mol. The number of aryl methyl sites for hydroxylation is 2. The molecule has 0 unspecified atom stereocenters. The molecule has 10 aromatic carbocycles. The summed E-state index contributed by atoms with van der Waals surface area (Å²) >= 11 is 0. The SMILES string of the molecule is [2H]c1c([2H])c([2H])c2c(c1[2H])-c1cc(-c3c(C([2H])([2H])[2H])cccc3C([2H])([2H])[2H])cc(-n3c4ccccc4c4ccccc43)c1-[n+]1[c-]n(-c3cccc(Oc4ccc5c6ccccc6n(-c6cc(C(C)(C)C)ccn6)c5c4)c3)c3cccc(c31)-c1c([2H])c([2H])c([2H])c([2H])c1-2. The maximum absolute atomic E-state index is 10.1. The van der Waals surface area contributed by atoms with E-state index < -0.39 is 62.0 Å². The Morgan fingerprint density at radius 2 is 1.09 bits per heavy atom. The van der Waals surface area contributed by atoms with E-state index in [2.05, 4.69) is 49.9 Å². The van der Waals surface area contributed by atoms with Gasteiger partial charge < -0.3 is 9.30 Å². The van der Waals surface area contributed by atoms with Crippen LogP contribution in [0.2, 0.25) is 0 Å². The first-order valence-corrected chi connectivity index (χ1v) is 25.7. The predicted molar refractivity (Wildman–Crippen MR) is 320 cm³/mol. The van der Waals surface area contributed by atoms with Crippen molar-refractivity contribution in [3.05, 3.63) is 253 Å². The minimum atomic E-state index is -2.89. The maximum Gasteiger partial charge on any atom is 0.269 e. The molecule has 15 rings (SSSR count). The number of fused-ring (bicyclic) bond motifs is 13. The number of rotatable bonds is 6. The first kappa shape index (κ1) is 33.3. The third-order valence-corrected chi connectivity index (χ3v) is 15.1. The van der Waals surface area contributed by atoms with Crippen LogP contribution in [0.15, 0.2) is 230 Å². The van der Waals surface area contributed by atoms with Crippen molar-refractivity contribution in [2.75, 3.05) is 0 Å². The fourth-order valence-electron chi connectivity index (χ4n) is 11.6. The molecule has 0 saturated carbocycles. The van der Waals surface area contributed by atoms with E-state index in [1.807, 2.05) is 126 Å². The smallest absolute Gasteiger partial charge is 0.269 e. The van der Waals surface area contributed by atoms with Crippen LogP contribution in [0.5, 0.6) is 11.5 Å². The van der Waals surface area contributed by atoms with Crippen LogP contribution < -0.4 is 9.30 Å². The number of nitrogens with zero attached hydrogens (tertiary/aromatic N) is 5. The lowest BCUT2D eigenvalue weighted by Gasteiger charge is -2.23. The molecule has 0 atom stereocenters. The largest absolute Gasteiger partial charge is 0.458 e. The second kappa shape index (κ2) is 17.4. The zero-order valence-electron chi connectivity index (χ0n) is 56.5. The van der Waals surface area contributed by atoms with Crippen molar-refractivity contribution < 1.29 is 28.5 Å². The Hall–Kier alpha value is -9.78.